The lowest BCUT2D eigenvalue weighted by Crippen LogP contribution is -2.48. The molecule has 8 heteroatoms. The number of phenolic OH excluding ortho intramolecular Hbond substituents is 1. The van der Waals surface area contributed by atoms with Gasteiger partial charge in [0.15, 0.2) is 11.5 Å². The maximum Gasteiger partial charge on any atom is 0.326 e. The SMILES string of the molecule is CC[C@@H](NC1=C(Nc2cccc(C(=O)N3CCCCC3C(=O)O)c2O)C(=O)C1)c1ccccc1. The molecule has 0 aromatic heterocycles. The van der Waals surface area contributed by atoms with Crippen LogP contribution in [0, 0.1) is 0 Å². The second-order valence-electron chi connectivity index (χ2n) is 8.64. The van der Waals surface area contributed by atoms with Gasteiger partial charge < -0.3 is 25.7 Å². The van der Waals surface area contributed by atoms with E-state index < -0.39 is 17.9 Å². The number of likely N-dealkylation sites (tertiary alicyclic amines) is 1. The Hall–Kier alpha value is -3.81. The van der Waals surface area contributed by atoms with Gasteiger partial charge in [-0.1, -0.05) is 43.3 Å². The smallest absolute Gasteiger partial charge is 0.326 e. The number of benzene rings is 2. The summed E-state index contributed by atoms with van der Waals surface area (Å²) in [6.45, 7) is 2.38. The Balaban J connectivity index is 1.56. The number of aliphatic carboxylic acids is 1. The second kappa shape index (κ2) is 9.99. The zero-order chi connectivity index (χ0) is 24.2. The molecule has 4 rings (SSSR count). The molecule has 1 saturated heterocycles. The normalized spacial score (nSPS) is 18.8. The van der Waals surface area contributed by atoms with E-state index in [2.05, 4.69) is 17.6 Å². The first kappa shape index (κ1) is 23.4. The van der Waals surface area contributed by atoms with Gasteiger partial charge in [-0.25, -0.2) is 4.79 Å². The lowest BCUT2D eigenvalue weighted by Gasteiger charge is -2.33. The van der Waals surface area contributed by atoms with Crippen LogP contribution in [0.5, 0.6) is 5.75 Å². The third kappa shape index (κ3) is 4.62. The summed E-state index contributed by atoms with van der Waals surface area (Å²) >= 11 is 0. The molecule has 1 aliphatic carbocycles. The molecule has 2 aromatic rings. The van der Waals surface area contributed by atoms with Crippen LogP contribution in [0.3, 0.4) is 0 Å². The molecule has 1 aliphatic heterocycles. The number of aromatic hydroxyl groups is 1. The molecule has 2 aromatic carbocycles. The number of carbonyl (C=O) groups is 3. The minimum absolute atomic E-state index is 0.00996. The number of phenols is 1. The average Bonchev–Trinajstić information content (AvgIpc) is 2.85. The van der Waals surface area contributed by atoms with Gasteiger partial charge in [0, 0.05) is 12.2 Å². The summed E-state index contributed by atoms with van der Waals surface area (Å²) in [5, 5.41) is 26.8. The number of nitrogens with one attached hydrogen (secondary N) is 2. The molecule has 34 heavy (non-hydrogen) atoms. The molecule has 178 valence electrons. The highest BCUT2D eigenvalue weighted by atomic mass is 16.4. The van der Waals surface area contributed by atoms with Gasteiger partial charge in [0.1, 0.15) is 11.7 Å². The molecular formula is C26H29N3O5. The molecule has 8 nitrogen and oxygen atoms in total. The first-order chi connectivity index (χ1) is 16.4. The molecule has 0 spiro atoms. The van der Waals surface area contributed by atoms with Crippen molar-refractivity contribution >= 4 is 23.3 Å². The maximum absolute atomic E-state index is 13.1. The van der Waals surface area contributed by atoms with Gasteiger partial charge in [-0.3, -0.25) is 9.59 Å². The molecule has 1 heterocycles. The number of anilines is 1. The number of amides is 1. The van der Waals surface area contributed by atoms with Gasteiger partial charge in [-0.15, -0.1) is 0 Å². The Kier molecular flexibility index (Phi) is 6.86. The number of Topliss-reactive ketones (excluding diaryl/α,β-unsaturated/α-hetero) is 1. The Morgan fingerprint density at radius 3 is 2.56 bits per heavy atom. The van der Waals surface area contributed by atoms with Crippen molar-refractivity contribution in [2.24, 2.45) is 0 Å². The van der Waals surface area contributed by atoms with Gasteiger partial charge in [-0.05, 0) is 43.4 Å². The number of rotatable bonds is 8. The number of carboxylic acid groups (broad SMARTS) is 1. The quantitative estimate of drug-likeness (QED) is 0.440. The van der Waals surface area contributed by atoms with Gasteiger partial charge in [0.2, 0.25) is 0 Å². The Morgan fingerprint density at radius 2 is 1.88 bits per heavy atom. The number of nitrogens with zero attached hydrogens (tertiary/aromatic N) is 1. The van der Waals surface area contributed by atoms with Gasteiger partial charge in [0.05, 0.1) is 23.7 Å². The third-order valence-electron chi connectivity index (χ3n) is 6.45. The van der Waals surface area contributed by atoms with Crippen molar-refractivity contribution in [1.29, 1.82) is 0 Å². The van der Waals surface area contributed by atoms with Crippen LogP contribution in [0.2, 0.25) is 0 Å². The first-order valence-electron chi connectivity index (χ1n) is 11.6. The van der Waals surface area contributed by atoms with Crippen molar-refractivity contribution in [1.82, 2.24) is 10.2 Å². The van der Waals surface area contributed by atoms with E-state index in [1.165, 1.54) is 11.0 Å². The summed E-state index contributed by atoms with van der Waals surface area (Å²) in [5.41, 5.74) is 2.45. The molecule has 0 radical (unpaired) electrons. The van der Waals surface area contributed by atoms with Crippen molar-refractivity contribution in [2.45, 2.75) is 51.1 Å². The Morgan fingerprint density at radius 1 is 1.12 bits per heavy atom. The maximum atomic E-state index is 13.1. The molecule has 0 saturated carbocycles. The van der Waals surface area contributed by atoms with Crippen LogP contribution in [0.15, 0.2) is 59.9 Å². The number of hydrogen-bond donors (Lipinski definition) is 4. The molecular weight excluding hydrogens is 434 g/mol. The van der Waals surface area contributed by atoms with E-state index in [0.717, 1.165) is 24.1 Å². The summed E-state index contributed by atoms with van der Waals surface area (Å²) in [6.07, 6.45) is 2.92. The fourth-order valence-electron chi connectivity index (χ4n) is 4.52. The predicted molar refractivity (Wildman–Crippen MR) is 127 cm³/mol. The minimum Gasteiger partial charge on any atom is -0.505 e. The molecule has 2 atom stereocenters. The van der Waals surface area contributed by atoms with Crippen molar-refractivity contribution in [2.75, 3.05) is 11.9 Å². The van der Waals surface area contributed by atoms with Crippen LogP contribution in [-0.2, 0) is 9.59 Å². The highest BCUT2D eigenvalue weighted by molar-refractivity contribution is 6.07. The zero-order valence-corrected chi connectivity index (χ0v) is 19.1. The van der Waals surface area contributed by atoms with Crippen LogP contribution in [0.25, 0.3) is 0 Å². The van der Waals surface area contributed by atoms with Crippen molar-refractivity contribution in [3.8, 4) is 5.75 Å². The number of para-hydroxylation sites is 1. The van der Waals surface area contributed by atoms with E-state index in [1.54, 1.807) is 12.1 Å². The largest absolute Gasteiger partial charge is 0.505 e. The van der Waals surface area contributed by atoms with Gasteiger partial charge in [0.25, 0.3) is 5.91 Å². The molecule has 2 aliphatic rings. The predicted octanol–water partition coefficient (Wildman–Crippen LogP) is 3.81. The number of carboxylic acids is 1. The van der Waals surface area contributed by atoms with E-state index in [9.17, 15) is 24.6 Å². The lowest BCUT2D eigenvalue weighted by molar-refractivity contribution is -0.143. The fourth-order valence-corrected chi connectivity index (χ4v) is 4.52. The van der Waals surface area contributed by atoms with Crippen LogP contribution in [0.4, 0.5) is 5.69 Å². The fraction of sp³-hybridized carbons (Fsp3) is 0.346. The minimum atomic E-state index is -1.05. The van der Waals surface area contributed by atoms with Gasteiger partial charge in [-0.2, -0.15) is 0 Å². The second-order valence-corrected chi connectivity index (χ2v) is 8.64. The van der Waals surface area contributed by atoms with E-state index in [-0.39, 0.29) is 35.2 Å². The Labute approximate surface area is 198 Å². The molecule has 1 unspecified atom stereocenters. The van der Waals surface area contributed by atoms with Crippen LogP contribution in [-0.4, -0.2) is 45.4 Å². The zero-order valence-electron chi connectivity index (χ0n) is 19.1. The third-order valence-corrected chi connectivity index (χ3v) is 6.45. The summed E-state index contributed by atoms with van der Waals surface area (Å²) in [6, 6.07) is 13.7. The molecule has 0 bridgehead atoms. The number of piperidine rings is 1. The van der Waals surface area contributed by atoms with E-state index >= 15 is 0 Å². The Bertz CT molecular complexity index is 1130. The lowest BCUT2D eigenvalue weighted by atomic mass is 9.95. The monoisotopic (exact) mass is 463 g/mol. The van der Waals surface area contributed by atoms with Crippen LogP contribution in [0.1, 0.15) is 61.0 Å². The number of carbonyl (C=O) groups excluding carboxylic acids is 2. The number of hydrogen-bond acceptors (Lipinski definition) is 6. The van der Waals surface area contributed by atoms with E-state index in [0.29, 0.717) is 25.1 Å². The standard InChI is InChI=1S/C26H29N3O5/c1-2-18(16-9-4-3-5-10-16)27-20-15-22(30)23(20)28-19-12-8-11-17(24(19)31)25(32)29-14-7-6-13-21(29)26(33)34/h3-5,8-12,18,21,27-28,31H,2,6-7,13-15H2,1H3,(H,33,34)/t18-,21?/m1/s1. The average molecular weight is 464 g/mol. The summed E-state index contributed by atoms with van der Waals surface area (Å²) in [7, 11) is 0. The molecule has 1 fully saturated rings. The summed E-state index contributed by atoms with van der Waals surface area (Å²) in [4.78, 5) is 38.4. The van der Waals surface area contributed by atoms with Crippen molar-refractivity contribution in [3.63, 3.8) is 0 Å². The van der Waals surface area contributed by atoms with Crippen molar-refractivity contribution < 1.29 is 24.6 Å². The first-order valence-corrected chi connectivity index (χ1v) is 11.6. The van der Waals surface area contributed by atoms with E-state index in [1.807, 2.05) is 30.3 Å². The van der Waals surface area contributed by atoms with E-state index in [4.69, 9.17) is 0 Å². The molecule has 1 amide bonds. The van der Waals surface area contributed by atoms with Crippen LogP contribution < -0.4 is 10.6 Å². The summed E-state index contributed by atoms with van der Waals surface area (Å²) in [5.74, 6) is -1.98. The number of ketones is 1. The van der Waals surface area contributed by atoms with Crippen LogP contribution >= 0.6 is 0 Å². The number of allylic oxidation sites excluding steroid dienone is 2. The highest BCUT2D eigenvalue weighted by Gasteiger charge is 2.34. The molecule has 4 N–H and O–H groups in total. The highest BCUT2D eigenvalue weighted by Crippen LogP contribution is 2.34. The van der Waals surface area contributed by atoms with Crippen molar-refractivity contribution in [3.05, 3.63) is 71.1 Å². The van der Waals surface area contributed by atoms with Gasteiger partial charge >= 0.3 is 5.97 Å². The topological polar surface area (TPSA) is 119 Å². The summed E-state index contributed by atoms with van der Waals surface area (Å²) < 4.78 is 0.